The van der Waals surface area contributed by atoms with Crippen molar-refractivity contribution in [3.05, 3.63) is 0 Å². The Labute approximate surface area is 112 Å². The predicted molar refractivity (Wildman–Crippen MR) is 83.9 cm³/mol. The van der Waals surface area contributed by atoms with Crippen LogP contribution in [0.2, 0.25) is 38.8 Å². The van der Waals surface area contributed by atoms with Crippen molar-refractivity contribution < 1.29 is 4.43 Å². The van der Waals surface area contributed by atoms with Crippen LogP contribution in [-0.4, -0.2) is 23.2 Å². The van der Waals surface area contributed by atoms with Gasteiger partial charge in [0.15, 0.2) is 0 Å². The van der Waals surface area contributed by atoms with E-state index in [9.17, 15) is 0 Å². The number of hydrogen-bond donors (Lipinski definition) is 0. The summed E-state index contributed by atoms with van der Waals surface area (Å²) in [5.41, 5.74) is 0. The van der Waals surface area contributed by atoms with Crippen molar-refractivity contribution in [2.75, 3.05) is 0 Å². The molecule has 103 valence electrons. The molecule has 1 atom stereocenters. The molecule has 0 rings (SSSR count). The molecule has 0 aliphatic heterocycles. The minimum atomic E-state index is -0.971. The summed E-state index contributed by atoms with van der Waals surface area (Å²) < 4.78 is 6.17. The first kappa shape index (κ1) is 17.4. The second kappa shape index (κ2) is 9.34. The zero-order valence-corrected chi connectivity index (χ0v) is 14.9. The van der Waals surface area contributed by atoms with Gasteiger partial charge in [-0.3, -0.25) is 0 Å². The van der Waals surface area contributed by atoms with Crippen LogP contribution >= 0.6 is 0 Å². The SMILES string of the molecule is CCCCCCCC(C[Si](C)(C)C)O[Si](C)C. The van der Waals surface area contributed by atoms with Crippen LogP contribution in [0, 0.1) is 0 Å². The van der Waals surface area contributed by atoms with E-state index in [4.69, 9.17) is 4.43 Å². The van der Waals surface area contributed by atoms with Gasteiger partial charge in [0, 0.05) is 14.2 Å². The van der Waals surface area contributed by atoms with Gasteiger partial charge in [-0.05, 0) is 25.6 Å². The van der Waals surface area contributed by atoms with Crippen molar-refractivity contribution in [2.45, 2.75) is 90.3 Å². The summed E-state index contributed by atoms with van der Waals surface area (Å²) >= 11 is 0. The van der Waals surface area contributed by atoms with Crippen LogP contribution < -0.4 is 0 Å². The summed E-state index contributed by atoms with van der Waals surface area (Å²) in [6, 6.07) is 1.34. The van der Waals surface area contributed by atoms with Gasteiger partial charge in [0.05, 0.1) is 0 Å². The first-order chi connectivity index (χ1) is 7.85. The van der Waals surface area contributed by atoms with Gasteiger partial charge in [0.2, 0.25) is 9.04 Å². The molecule has 0 saturated carbocycles. The van der Waals surface area contributed by atoms with Crippen molar-refractivity contribution in [3.8, 4) is 0 Å². The third-order valence-electron chi connectivity index (χ3n) is 2.87. The van der Waals surface area contributed by atoms with Crippen molar-refractivity contribution in [3.63, 3.8) is 0 Å². The topological polar surface area (TPSA) is 9.23 Å². The minimum absolute atomic E-state index is 0.529. The molecule has 0 aliphatic rings. The average molecular weight is 274 g/mol. The van der Waals surface area contributed by atoms with Gasteiger partial charge in [-0.1, -0.05) is 58.7 Å². The second-order valence-corrected chi connectivity index (χ2v) is 14.2. The Bertz CT molecular complexity index is 176. The van der Waals surface area contributed by atoms with Crippen LogP contribution in [0.4, 0.5) is 0 Å². The van der Waals surface area contributed by atoms with E-state index >= 15 is 0 Å². The average Bonchev–Trinajstić information content (AvgIpc) is 2.13. The molecule has 17 heavy (non-hydrogen) atoms. The first-order valence-electron chi connectivity index (χ1n) is 7.32. The molecule has 0 N–H and O–H groups in total. The van der Waals surface area contributed by atoms with E-state index in [1.807, 2.05) is 0 Å². The van der Waals surface area contributed by atoms with Gasteiger partial charge in [-0.2, -0.15) is 0 Å². The molecule has 0 aromatic heterocycles. The van der Waals surface area contributed by atoms with Gasteiger partial charge >= 0.3 is 0 Å². The largest absolute Gasteiger partial charge is 0.415 e. The molecule has 0 bridgehead atoms. The highest BCUT2D eigenvalue weighted by Gasteiger charge is 2.21. The van der Waals surface area contributed by atoms with Crippen LogP contribution in [0.5, 0.6) is 0 Å². The predicted octanol–water partition coefficient (Wildman–Crippen LogP) is 5.32. The molecule has 0 aromatic carbocycles. The minimum Gasteiger partial charge on any atom is -0.415 e. The smallest absolute Gasteiger partial charge is 0.205 e. The van der Waals surface area contributed by atoms with Gasteiger partial charge in [0.1, 0.15) is 0 Å². The summed E-state index contributed by atoms with van der Waals surface area (Å²) in [6.45, 7) is 14.2. The van der Waals surface area contributed by atoms with E-state index in [1.54, 1.807) is 0 Å². The van der Waals surface area contributed by atoms with E-state index in [0.29, 0.717) is 6.10 Å². The molecular formula is C14H33OSi2. The maximum absolute atomic E-state index is 6.17. The van der Waals surface area contributed by atoms with Gasteiger partial charge in [-0.15, -0.1) is 0 Å². The fourth-order valence-corrected chi connectivity index (χ4v) is 4.88. The lowest BCUT2D eigenvalue weighted by atomic mass is 10.1. The van der Waals surface area contributed by atoms with Crippen LogP contribution in [0.25, 0.3) is 0 Å². The fourth-order valence-electron chi connectivity index (χ4n) is 2.19. The second-order valence-electron chi connectivity index (χ2n) is 6.62. The lowest BCUT2D eigenvalue weighted by Gasteiger charge is -2.26. The summed E-state index contributed by atoms with van der Waals surface area (Å²) in [6.07, 6.45) is 8.77. The molecule has 0 aromatic rings. The summed E-state index contributed by atoms with van der Waals surface area (Å²) in [5, 5.41) is 0. The Morgan fingerprint density at radius 1 is 1.00 bits per heavy atom. The van der Waals surface area contributed by atoms with E-state index < -0.39 is 17.1 Å². The van der Waals surface area contributed by atoms with E-state index in [-0.39, 0.29) is 0 Å². The highest BCUT2D eigenvalue weighted by molar-refractivity contribution is 6.76. The first-order valence-corrected chi connectivity index (χ1v) is 13.4. The molecule has 0 spiro atoms. The van der Waals surface area contributed by atoms with Crippen LogP contribution in [-0.2, 0) is 4.43 Å². The zero-order chi connectivity index (χ0) is 13.3. The Kier molecular flexibility index (Phi) is 9.56. The lowest BCUT2D eigenvalue weighted by Crippen LogP contribution is -2.31. The molecule has 1 nitrogen and oxygen atoms in total. The molecule has 0 aliphatic carbocycles. The van der Waals surface area contributed by atoms with E-state index in [0.717, 1.165) is 0 Å². The highest BCUT2D eigenvalue weighted by Crippen LogP contribution is 2.20. The highest BCUT2D eigenvalue weighted by atomic mass is 28.3. The number of rotatable bonds is 10. The number of unbranched alkanes of at least 4 members (excludes halogenated alkanes) is 4. The van der Waals surface area contributed by atoms with Crippen molar-refractivity contribution in [1.82, 2.24) is 0 Å². The molecule has 0 fully saturated rings. The Hall–Kier alpha value is 0.394. The monoisotopic (exact) mass is 273 g/mol. The Morgan fingerprint density at radius 2 is 1.59 bits per heavy atom. The van der Waals surface area contributed by atoms with Crippen molar-refractivity contribution >= 4 is 17.1 Å². The summed E-state index contributed by atoms with van der Waals surface area (Å²) in [7, 11) is -1.50. The molecule has 0 saturated heterocycles. The Balaban J connectivity index is 3.85. The molecule has 3 heteroatoms. The molecule has 0 amide bonds. The van der Waals surface area contributed by atoms with Gasteiger partial charge in [0.25, 0.3) is 0 Å². The molecule has 0 heterocycles. The van der Waals surface area contributed by atoms with Crippen LogP contribution in [0.1, 0.15) is 45.4 Å². The van der Waals surface area contributed by atoms with Crippen molar-refractivity contribution in [1.29, 1.82) is 0 Å². The normalized spacial score (nSPS) is 14.3. The Morgan fingerprint density at radius 3 is 2.06 bits per heavy atom. The van der Waals surface area contributed by atoms with Crippen LogP contribution in [0.15, 0.2) is 0 Å². The van der Waals surface area contributed by atoms with Crippen LogP contribution in [0.3, 0.4) is 0 Å². The van der Waals surface area contributed by atoms with Crippen molar-refractivity contribution in [2.24, 2.45) is 0 Å². The van der Waals surface area contributed by atoms with E-state index in [1.165, 1.54) is 44.6 Å². The third-order valence-corrected chi connectivity index (χ3v) is 5.36. The standard InChI is InChI=1S/C14H33OSi2/c1-7-8-9-10-11-12-14(15-16(2)3)13-17(4,5)6/h14H,7-13H2,1-6H3. The number of hydrogen-bond acceptors (Lipinski definition) is 1. The summed E-state index contributed by atoms with van der Waals surface area (Å²) in [4.78, 5) is 0. The third kappa shape index (κ3) is 12.6. The quantitative estimate of drug-likeness (QED) is 0.386. The maximum Gasteiger partial charge on any atom is 0.205 e. The molecule has 1 unspecified atom stereocenters. The fraction of sp³-hybridized carbons (Fsp3) is 1.00. The van der Waals surface area contributed by atoms with Gasteiger partial charge < -0.3 is 4.43 Å². The summed E-state index contributed by atoms with van der Waals surface area (Å²) in [5.74, 6) is 0. The maximum atomic E-state index is 6.17. The molecular weight excluding hydrogens is 240 g/mol. The lowest BCUT2D eigenvalue weighted by molar-refractivity contribution is 0.208. The van der Waals surface area contributed by atoms with Gasteiger partial charge in [-0.25, -0.2) is 0 Å². The zero-order valence-electron chi connectivity index (χ0n) is 12.9. The van der Waals surface area contributed by atoms with E-state index in [2.05, 4.69) is 39.7 Å². The molecule has 1 radical (unpaired) electrons.